The third-order valence-electron chi connectivity index (χ3n) is 2.27. The SMILES string of the molecule is CCC(=Cc1cc(C)cc(C)c1)CO. The number of hydrogen-bond donors (Lipinski definition) is 1. The van der Waals surface area contributed by atoms with Crippen LogP contribution in [0.5, 0.6) is 0 Å². The second kappa shape index (κ2) is 4.97. The summed E-state index contributed by atoms with van der Waals surface area (Å²) in [5.41, 5.74) is 4.80. The number of aliphatic hydroxyl groups is 1. The number of aryl methyl sites for hydroxylation is 2. The predicted octanol–water partition coefficient (Wildman–Crippen LogP) is 3.09. The Morgan fingerprint density at radius 3 is 2.21 bits per heavy atom. The lowest BCUT2D eigenvalue weighted by Gasteiger charge is -2.03. The van der Waals surface area contributed by atoms with Gasteiger partial charge in [-0.15, -0.1) is 0 Å². The van der Waals surface area contributed by atoms with Gasteiger partial charge in [0.25, 0.3) is 0 Å². The van der Waals surface area contributed by atoms with Crippen molar-refractivity contribution in [3.8, 4) is 0 Å². The molecule has 1 aromatic rings. The van der Waals surface area contributed by atoms with Gasteiger partial charge in [0.05, 0.1) is 6.61 Å². The normalized spacial score (nSPS) is 11.9. The molecule has 0 saturated heterocycles. The molecular weight excluding hydrogens is 172 g/mol. The maximum atomic E-state index is 9.06. The second-order valence-electron chi connectivity index (χ2n) is 3.74. The molecule has 76 valence electrons. The fourth-order valence-corrected chi connectivity index (χ4v) is 1.59. The van der Waals surface area contributed by atoms with Crippen molar-refractivity contribution in [2.75, 3.05) is 6.61 Å². The third kappa shape index (κ3) is 3.00. The van der Waals surface area contributed by atoms with Crippen LogP contribution in [-0.2, 0) is 0 Å². The lowest BCUT2D eigenvalue weighted by Crippen LogP contribution is -1.89. The van der Waals surface area contributed by atoms with Crippen LogP contribution in [0.2, 0.25) is 0 Å². The van der Waals surface area contributed by atoms with Crippen molar-refractivity contribution in [2.24, 2.45) is 0 Å². The zero-order chi connectivity index (χ0) is 10.6. The molecule has 0 radical (unpaired) electrons. The molecule has 0 amide bonds. The first-order valence-corrected chi connectivity index (χ1v) is 5.04. The highest BCUT2D eigenvalue weighted by atomic mass is 16.3. The van der Waals surface area contributed by atoms with E-state index in [2.05, 4.69) is 45.0 Å². The molecular formula is C13H18O. The van der Waals surface area contributed by atoms with E-state index in [4.69, 9.17) is 5.11 Å². The first kappa shape index (κ1) is 11.0. The van der Waals surface area contributed by atoms with E-state index in [1.165, 1.54) is 16.7 Å². The average molecular weight is 190 g/mol. The maximum absolute atomic E-state index is 9.06. The van der Waals surface area contributed by atoms with E-state index in [1.54, 1.807) is 0 Å². The second-order valence-corrected chi connectivity index (χ2v) is 3.74. The van der Waals surface area contributed by atoms with E-state index in [0.717, 1.165) is 12.0 Å². The summed E-state index contributed by atoms with van der Waals surface area (Å²) in [6.45, 7) is 6.40. The lowest BCUT2D eigenvalue weighted by molar-refractivity contribution is 0.329. The summed E-state index contributed by atoms with van der Waals surface area (Å²) in [7, 11) is 0. The van der Waals surface area contributed by atoms with E-state index >= 15 is 0 Å². The Hall–Kier alpha value is -1.08. The van der Waals surface area contributed by atoms with Crippen LogP contribution in [0.4, 0.5) is 0 Å². The molecule has 14 heavy (non-hydrogen) atoms. The monoisotopic (exact) mass is 190 g/mol. The molecule has 0 aliphatic carbocycles. The van der Waals surface area contributed by atoms with Gasteiger partial charge >= 0.3 is 0 Å². The van der Waals surface area contributed by atoms with Crippen molar-refractivity contribution in [1.29, 1.82) is 0 Å². The molecule has 0 heterocycles. The summed E-state index contributed by atoms with van der Waals surface area (Å²) in [5, 5.41) is 9.06. The minimum Gasteiger partial charge on any atom is -0.392 e. The summed E-state index contributed by atoms with van der Waals surface area (Å²) in [6.07, 6.45) is 2.98. The van der Waals surface area contributed by atoms with Crippen molar-refractivity contribution < 1.29 is 5.11 Å². The van der Waals surface area contributed by atoms with Gasteiger partial charge in [-0.3, -0.25) is 0 Å². The van der Waals surface area contributed by atoms with Gasteiger partial charge in [-0.25, -0.2) is 0 Å². The summed E-state index contributed by atoms with van der Waals surface area (Å²) in [4.78, 5) is 0. The van der Waals surface area contributed by atoms with E-state index in [1.807, 2.05) is 0 Å². The molecule has 1 N–H and O–H groups in total. The Labute approximate surface area is 86.1 Å². The van der Waals surface area contributed by atoms with E-state index in [0.29, 0.717) is 0 Å². The zero-order valence-corrected chi connectivity index (χ0v) is 9.17. The largest absolute Gasteiger partial charge is 0.392 e. The number of benzene rings is 1. The highest BCUT2D eigenvalue weighted by molar-refractivity contribution is 5.55. The zero-order valence-electron chi connectivity index (χ0n) is 9.17. The average Bonchev–Trinajstić information content (AvgIpc) is 2.12. The standard InChI is InChI=1S/C13H18O/c1-4-12(9-14)8-13-6-10(2)5-11(3)7-13/h5-8,14H,4,9H2,1-3H3. The van der Waals surface area contributed by atoms with Crippen LogP contribution in [-0.4, -0.2) is 11.7 Å². The van der Waals surface area contributed by atoms with Crippen LogP contribution in [0.25, 0.3) is 6.08 Å². The molecule has 1 aromatic carbocycles. The topological polar surface area (TPSA) is 20.2 Å². The van der Waals surface area contributed by atoms with Gasteiger partial charge in [0.2, 0.25) is 0 Å². The van der Waals surface area contributed by atoms with Crippen molar-refractivity contribution in [3.05, 3.63) is 40.5 Å². The maximum Gasteiger partial charge on any atom is 0.0644 e. The Balaban J connectivity index is 3.01. The molecule has 0 unspecified atom stereocenters. The summed E-state index contributed by atoms with van der Waals surface area (Å²) in [5.74, 6) is 0. The van der Waals surface area contributed by atoms with Gasteiger partial charge in [0.15, 0.2) is 0 Å². The number of hydrogen-bond acceptors (Lipinski definition) is 1. The summed E-state index contributed by atoms with van der Waals surface area (Å²) < 4.78 is 0. The molecule has 1 rings (SSSR count). The van der Waals surface area contributed by atoms with E-state index in [-0.39, 0.29) is 6.61 Å². The van der Waals surface area contributed by atoms with Gasteiger partial charge in [-0.2, -0.15) is 0 Å². The molecule has 1 nitrogen and oxygen atoms in total. The van der Waals surface area contributed by atoms with Gasteiger partial charge in [-0.1, -0.05) is 42.3 Å². The smallest absolute Gasteiger partial charge is 0.0644 e. The van der Waals surface area contributed by atoms with Crippen molar-refractivity contribution in [2.45, 2.75) is 27.2 Å². The van der Waals surface area contributed by atoms with E-state index in [9.17, 15) is 0 Å². The lowest BCUT2D eigenvalue weighted by atomic mass is 10.0. The van der Waals surface area contributed by atoms with Crippen molar-refractivity contribution in [3.63, 3.8) is 0 Å². The van der Waals surface area contributed by atoms with Gasteiger partial charge in [0.1, 0.15) is 0 Å². The highest BCUT2D eigenvalue weighted by Crippen LogP contribution is 2.13. The Morgan fingerprint density at radius 2 is 1.79 bits per heavy atom. The quantitative estimate of drug-likeness (QED) is 0.776. The molecule has 0 aromatic heterocycles. The molecule has 0 aliphatic rings. The molecule has 0 saturated carbocycles. The third-order valence-corrected chi connectivity index (χ3v) is 2.27. The van der Waals surface area contributed by atoms with Crippen LogP contribution < -0.4 is 0 Å². The predicted molar refractivity (Wildman–Crippen MR) is 61.3 cm³/mol. The van der Waals surface area contributed by atoms with Gasteiger partial charge in [0, 0.05) is 0 Å². The molecule has 1 heteroatoms. The first-order chi connectivity index (χ1) is 6.65. The number of rotatable bonds is 3. The Kier molecular flexibility index (Phi) is 3.90. The van der Waals surface area contributed by atoms with Crippen molar-refractivity contribution in [1.82, 2.24) is 0 Å². The van der Waals surface area contributed by atoms with Crippen molar-refractivity contribution >= 4 is 6.08 Å². The Bertz CT molecular complexity index is 311. The fraction of sp³-hybridized carbons (Fsp3) is 0.385. The van der Waals surface area contributed by atoms with Gasteiger partial charge in [-0.05, 0) is 31.4 Å². The minimum absolute atomic E-state index is 0.156. The molecule has 0 fully saturated rings. The molecule has 0 aliphatic heterocycles. The van der Waals surface area contributed by atoms with Crippen LogP contribution in [0.1, 0.15) is 30.0 Å². The molecule has 0 bridgehead atoms. The first-order valence-electron chi connectivity index (χ1n) is 5.04. The Morgan fingerprint density at radius 1 is 1.21 bits per heavy atom. The van der Waals surface area contributed by atoms with Crippen LogP contribution in [0.3, 0.4) is 0 Å². The minimum atomic E-state index is 0.156. The van der Waals surface area contributed by atoms with E-state index < -0.39 is 0 Å². The number of aliphatic hydroxyl groups excluding tert-OH is 1. The fourth-order valence-electron chi connectivity index (χ4n) is 1.59. The molecule has 0 atom stereocenters. The molecule has 0 spiro atoms. The highest BCUT2D eigenvalue weighted by Gasteiger charge is 1.95. The van der Waals surface area contributed by atoms with Crippen LogP contribution >= 0.6 is 0 Å². The summed E-state index contributed by atoms with van der Waals surface area (Å²) >= 11 is 0. The van der Waals surface area contributed by atoms with Crippen LogP contribution in [0.15, 0.2) is 23.8 Å². The van der Waals surface area contributed by atoms with Crippen LogP contribution in [0, 0.1) is 13.8 Å². The van der Waals surface area contributed by atoms with Gasteiger partial charge < -0.3 is 5.11 Å². The summed E-state index contributed by atoms with van der Waals surface area (Å²) in [6, 6.07) is 6.43.